The van der Waals surface area contributed by atoms with E-state index in [2.05, 4.69) is 10.2 Å². The molecule has 0 bridgehead atoms. The molecule has 1 amide bonds. The summed E-state index contributed by atoms with van der Waals surface area (Å²) in [6.07, 6.45) is 1.83. The molecular formula is C22H26Cl2N2O3. The summed E-state index contributed by atoms with van der Waals surface area (Å²) in [6, 6.07) is 13.2. The number of carbonyl (C=O) groups excluding carboxylic acids is 1. The van der Waals surface area contributed by atoms with Crippen molar-refractivity contribution >= 4 is 29.1 Å². The molecule has 156 valence electrons. The molecule has 1 aliphatic heterocycles. The number of benzene rings is 2. The Morgan fingerprint density at radius 3 is 2.31 bits per heavy atom. The molecule has 3 rings (SSSR count). The van der Waals surface area contributed by atoms with E-state index >= 15 is 0 Å². The molecule has 0 radical (unpaired) electrons. The lowest BCUT2D eigenvalue weighted by Gasteiger charge is -2.32. The Morgan fingerprint density at radius 1 is 1.03 bits per heavy atom. The highest BCUT2D eigenvalue weighted by molar-refractivity contribution is 6.42. The van der Waals surface area contributed by atoms with Crippen LogP contribution in [0.2, 0.25) is 10.0 Å². The monoisotopic (exact) mass is 436 g/mol. The van der Waals surface area contributed by atoms with Gasteiger partial charge >= 0.3 is 0 Å². The number of hydrogen-bond donors (Lipinski definition) is 1. The van der Waals surface area contributed by atoms with Crippen LogP contribution in [0.1, 0.15) is 25.3 Å². The first-order valence-electron chi connectivity index (χ1n) is 9.85. The van der Waals surface area contributed by atoms with Gasteiger partial charge < -0.3 is 14.8 Å². The quantitative estimate of drug-likeness (QED) is 0.659. The van der Waals surface area contributed by atoms with E-state index in [1.165, 1.54) is 0 Å². The van der Waals surface area contributed by atoms with Crippen molar-refractivity contribution in [2.45, 2.75) is 32.4 Å². The minimum Gasteiger partial charge on any atom is -0.494 e. The molecular weight excluding hydrogens is 411 g/mol. The Hall–Kier alpha value is -1.95. The first-order chi connectivity index (χ1) is 14.0. The molecule has 5 nitrogen and oxygen atoms in total. The molecule has 0 aliphatic carbocycles. The first-order valence-corrected chi connectivity index (χ1v) is 10.6. The normalized spacial score (nSPS) is 15.1. The highest BCUT2D eigenvalue weighted by Gasteiger charge is 2.21. The predicted octanol–water partition coefficient (Wildman–Crippen LogP) is 4.55. The molecule has 1 saturated heterocycles. The zero-order chi connectivity index (χ0) is 20.6. The maximum atomic E-state index is 12.2. The number of ether oxygens (including phenoxy) is 2. The average Bonchev–Trinajstić information content (AvgIpc) is 2.72. The van der Waals surface area contributed by atoms with E-state index in [-0.39, 0.29) is 18.6 Å². The maximum absolute atomic E-state index is 12.2. The van der Waals surface area contributed by atoms with Crippen LogP contribution < -0.4 is 14.8 Å². The van der Waals surface area contributed by atoms with Crippen LogP contribution >= 0.6 is 23.2 Å². The van der Waals surface area contributed by atoms with Gasteiger partial charge in [-0.25, -0.2) is 0 Å². The molecule has 0 atom stereocenters. The molecule has 0 spiro atoms. The molecule has 1 N–H and O–H groups in total. The van der Waals surface area contributed by atoms with Crippen LogP contribution in [0.25, 0.3) is 0 Å². The third kappa shape index (κ3) is 6.81. The topological polar surface area (TPSA) is 50.8 Å². The summed E-state index contributed by atoms with van der Waals surface area (Å²) in [5, 5.41) is 4.22. The van der Waals surface area contributed by atoms with Gasteiger partial charge in [-0.1, -0.05) is 29.3 Å². The second-order valence-electron chi connectivity index (χ2n) is 7.06. The molecule has 29 heavy (non-hydrogen) atoms. The van der Waals surface area contributed by atoms with Crippen LogP contribution in [0, 0.1) is 0 Å². The van der Waals surface area contributed by atoms with E-state index in [0.717, 1.165) is 43.8 Å². The Kier molecular flexibility index (Phi) is 8.04. The first kappa shape index (κ1) is 21.8. The van der Waals surface area contributed by atoms with Crippen molar-refractivity contribution in [2.75, 3.05) is 26.3 Å². The lowest BCUT2D eigenvalue weighted by atomic mass is 10.0. The van der Waals surface area contributed by atoms with E-state index in [0.29, 0.717) is 22.4 Å². The lowest BCUT2D eigenvalue weighted by molar-refractivity contribution is -0.124. The lowest BCUT2D eigenvalue weighted by Crippen LogP contribution is -2.45. The zero-order valence-electron chi connectivity index (χ0n) is 16.5. The van der Waals surface area contributed by atoms with E-state index in [1.54, 1.807) is 12.1 Å². The number of rotatable bonds is 8. The van der Waals surface area contributed by atoms with E-state index in [9.17, 15) is 4.79 Å². The van der Waals surface area contributed by atoms with Gasteiger partial charge in [-0.15, -0.1) is 0 Å². The van der Waals surface area contributed by atoms with Gasteiger partial charge in [0, 0.05) is 25.7 Å². The fourth-order valence-electron chi connectivity index (χ4n) is 3.35. The fourth-order valence-corrected chi connectivity index (χ4v) is 3.67. The van der Waals surface area contributed by atoms with Crippen LogP contribution in [0.3, 0.4) is 0 Å². The fraction of sp³-hybridized carbons (Fsp3) is 0.409. The van der Waals surface area contributed by atoms with Crippen molar-refractivity contribution in [3.05, 3.63) is 58.1 Å². The van der Waals surface area contributed by atoms with Crippen molar-refractivity contribution in [2.24, 2.45) is 0 Å². The number of nitrogens with one attached hydrogen (secondary N) is 1. The maximum Gasteiger partial charge on any atom is 0.258 e. The van der Waals surface area contributed by atoms with Crippen molar-refractivity contribution in [3.8, 4) is 11.5 Å². The number of likely N-dealkylation sites (tertiary alicyclic amines) is 1. The summed E-state index contributed by atoms with van der Waals surface area (Å²) in [6.45, 7) is 5.24. The van der Waals surface area contributed by atoms with Crippen molar-refractivity contribution in [3.63, 3.8) is 0 Å². The van der Waals surface area contributed by atoms with Gasteiger partial charge in [0.05, 0.1) is 16.7 Å². The molecule has 1 aliphatic rings. The van der Waals surface area contributed by atoms with Gasteiger partial charge in [0.2, 0.25) is 0 Å². The Morgan fingerprint density at radius 2 is 1.69 bits per heavy atom. The molecule has 2 aromatic carbocycles. The standard InChI is InChI=1S/C22H26Cl2N2O3/c1-2-28-18-4-6-19(7-5-18)29-15-22(27)25-17-9-11-26(12-10-17)14-16-3-8-20(23)21(24)13-16/h3-8,13,17H,2,9-12,14-15H2,1H3,(H,25,27). The summed E-state index contributed by atoms with van der Waals surface area (Å²) in [7, 11) is 0. The van der Waals surface area contributed by atoms with Crippen LogP contribution in [0.5, 0.6) is 11.5 Å². The minimum atomic E-state index is -0.0955. The van der Waals surface area contributed by atoms with Gasteiger partial charge in [0.15, 0.2) is 6.61 Å². The zero-order valence-corrected chi connectivity index (χ0v) is 18.0. The third-order valence-corrected chi connectivity index (χ3v) is 5.59. The van der Waals surface area contributed by atoms with Crippen molar-refractivity contribution in [1.29, 1.82) is 0 Å². The summed E-state index contributed by atoms with van der Waals surface area (Å²) < 4.78 is 11.0. The summed E-state index contributed by atoms with van der Waals surface area (Å²) in [4.78, 5) is 14.6. The number of hydrogen-bond acceptors (Lipinski definition) is 4. The number of amides is 1. The van der Waals surface area contributed by atoms with Gasteiger partial charge in [-0.05, 0) is 61.7 Å². The molecule has 0 saturated carbocycles. The largest absolute Gasteiger partial charge is 0.494 e. The van der Waals surface area contributed by atoms with Gasteiger partial charge in [0.1, 0.15) is 11.5 Å². The number of halogens is 2. The van der Waals surface area contributed by atoms with Crippen molar-refractivity contribution in [1.82, 2.24) is 10.2 Å². The molecule has 0 unspecified atom stereocenters. The summed E-state index contributed by atoms with van der Waals surface area (Å²) in [5.41, 5.74) is 1.14. The van der Waals surface area contributed by atoms with Crippen LogP contribution in [0.15, 0.2) is 42.5 Å². The highest BCUT2D eigenvalue weighted by Crippen LogP contribution is 2.24. The molecule has 0 aromatic heterocycles. The highest BCUT2D eigenvalue weighted by atomic mass is 35.5. The molecule has 2 aromatic rings. The van der Waals surface area contributed by atoms with E-state index in [1.807, 2.05) is 37.3 Å². The number of piperidine rings is 1. The molecule has 1 heterocycles. The van der Waals surface area contributed by atoms with E-state index < -0.39 is 0 Å². The van der Waals surface area contributed by atoms with Crippen LogP contribution in [-0.2, 0) is 11.3 Å². The smallest absolute Gasteiger partial charge is 0.258 e. The predicted molar refractivity (Wildman–Crippen MR) is 116 cm³/mol. The van der Waals surface area contributed by atoms with Crippen molar-refractivity contribution < 1.29 is 14.3 Å². The third-order valence-electron chi connectivity index (χ3n) is 4.85. The summed E-state index contributed by atoms with van der Waals surface area (Å²) >= 11 is 12.1. The van der Waals surface area contributed by atoms with Gasteiger partial charge in [-0.3, -0.25) is 9.69 Å². The Labute approximate surface area is 181 Å². The minimum absolute atomic E-state index is 0.0114. The molecule has 1 fully saturated rings. The Balaban J connectivity index is 1.37. The van der Waals surface area contributed by atoms with E-state index in [4.69, 9.17) is 32.7 Å². The van der Waals surface area contributed by atoms with Gasteiger partial charge in [0.25, 0.3) is 5.91 Å². The number of nitrogens with zero attached hydrogens (tertiary/aromatic N) is 1. The Bertz CT molecular complexity index is 806. The summed E-state index contributed by atoms with van der Waals surface area (Å²) in [5.74, 6) is 1.35. The van der Waals surface area contributed by atoms with Gasteiger partial charge in [-0.2, -0.15) is 0 Å². The SMILES string of the molecule is CCOc1ccc(OCC(=O)NC2CCN(Cc3ccc(Cl)c(Cl)c3)CC2)cc1. The van der Waals surface area contributed by atoms with Crippen LogP contribution in [-0.4, -0.2) is 43.2 Å². The molecule has 7 heteroatoms. The second kappa shape index (κ2) is 10.7. The van der Waals surface area contributed by atoms with Crippen LogP contribution in [0.4, 0.5) is 0 Å². The average molecular weight is 437 g/mol. The number of carbonyl (C=O) groups is 1. The second-order valence-corrected chi connectivity index (χ2v) is 7.87.